The van der Waals surface area contributed by atoms with Crippen molar-refractivity contribution in [1.82, 2.24) is 0 Å². The van der Waals surface area contributed by atoms with Gasteiger partial charge in [0.25, 0.3) is 11.6 Å². The monoisotopic (exact) mass is 328 g/mol. The van der Waals surface area contributed by atoms with E-state index in [4.69, 9.17) is 0 Å². The topological polar surface area (TPSA) is 92.5 Å². The van der Waals surface area contributed by atoms with E-state index < -0.39 is 10.8 Å². The van der Waals surface area contributed by atoms with Crippen LogP contribution in [0.5, 0.6) is 5.75 Å². The van der Waals surface area contributed by atoms with Crippen molar-refractivity contribution in [3.8, 4) is 5.75 Å². The van der Waals surface area contributed by atoms with Crippen LogP contribution in [-0.2, 0) is 5.41 Å². The molecule has 0 heterocycles. The number of nitro benzene ring substituents is 1. The lowest BCUT2D eigenvalue weighted by Crippen LogP contribution is -2.15. The van der Waals surface area contributed by atoms with Gasteiger partial charge in [0.1, 0.15) is 5.75 Å². The molecule has 6 heteroatoms. The lowest BCUT2D eigenvalue weighted by molar-refractivity contribution is -0.385. The minimum atomic E-state index is -0.524. The van der Waals surface area contributed by atoms with Gasteiger partial charge in [-0.15, -0.1) is 0 Å². The molecule has 24 heavy (non-hydrogen) atoms. The molecule has 0 spiro atoms. The highest BCUT2D eigenvalue weighted by atomic mass is 16.6. The largest absolute Gasteiger partial charge is 0.506 e. The number of anilines is 1. The molecule has 0 aromatic heterocycles. The Hall–Kier alpha value is -2.89. The lowest BCUT2D eigenvalue weighted by Gasteiger charge is -2.20. The van der Waals surface area contributed by atoms with Crippen molar-refractivity contribution in [2.45, 2.75) is 33.1 Å². The number of amides is 1. The van der Waals surface area contributed by atoms with Crippen molar-refractivity contribution in [1.29, 1.82) is 0 Å². The maximum absolute atomic E-state index is 12.4. The fraction of sp³-hybridized carbons (Fsp3) is 0.278. The molecule has 126 valence electrons. The number of hydrogen-bond donors (Lipinski definition) is 2. The molecule has 0 aliphatic rings. The molecule has 2 N–H and O–H groups in total. The summed E-state index contributed by atoms with van der Waals surface area (Å²) in [6, 6.07) is 9.29. The van der Waals surface area contributed by atoms with E-state index in [1.54, 1.807) is 19.1 Å². The third-order valence-corrected chi connectivity index (χ3v) is 3.78. The van der Waals surface area contributed by atoms with Gasteiger partial charge in [-0.25, -0.2) is 0 Å². The molecule has 0 fully saturated rings. The summed E-state index contributed by atoms with van der Waals surface area (Å²) in [4.78, 5) is 22.8. The average molecular weight is 328 g/mol. The molecule has 0 aliphatic heterocycles. The quantitative estimate of drug-likeness (QED) is 0.503. The number of phenols is 1. The Morgan fingerprint density at radius 2 is 1.83 bits per heavy atom. The number of rotatable bonds is 3. The van der Waals surface area contributed by atoms with Gasteiger partial charge in [0, 0.05) is 17.2 Å². The van der Waals surface area contributed by atoms with E-state index in [2.05, 4.69) is 5.32 Å². The van der Waals surface area contributed by atoms with Gasteiger partial charge in [0.15, 0.2) is 0 Å². The summed E-state index contributed by atoms with van der Waals surface area (Å²) in [7, 11) is 0. The zero-order chi connectivity index (χ0) is 18.1. The first kappa shape index (κ1) is 17.5. The molecule has 0 bridgehead atoms. The normalized spacial score (nSPS) is 11.2. The molecular formula is C18H20N2O4. The molecule has 2 aromatic rings. The van der Waals surface area contributed by atoms with Gasteiger partial charge in [-0.2, -0.15) is 0 Å². The minimum absolute atomic E-state index is 0.0574. The summed E-state index contributed by atoms with van der Waals surface area (Å²) in [5, 5.41) is 23.6. The standard InChI is InChI=1S/C18H20N2O4/c1-11-5-6-12(9-15(11)20(23)24)17(22)19-14-10-13(18(2,3)4)7-8-16(14)21/h5-10,21H,1-4H3,(H,19,22). The number of carbonyl (C=O) groups is 1. The summed E-state index contributed by atoms with van der Waals surface area (Å²) >= 11 is 0. The summed E-state index contributed by atoms with van der Waals surface area (Å²) in [5.74, 6) is -0.572. The molecule has 6 nitrogen and oxygen atoms in total. The van der Waals surface area contributed by atoms with Crippen molar-refractivity contribution in [3.63, 3.8) is 0 Å². The second-order valence-corrected chi connectivity index (χ2v) is 6.69. The summed E-state index contributed by atoms with van der Waals surface area (Å²) in [6.45, 7) is 7.68. The van der Waals surface area contributed by atoms with Gasteiger partial charge in [0.2, 0.25) is 0 Å². The highest BCUT2D eigenvalue weighted by Crippen LogP contribution is 2.31. The molecule has 0 unspecified atom stereocenters. The average Bonchev–Trinajstić information content (AvgIpc) is 2.48. The Labute approximate surface area is 140 Å². The molecule has 0 saturated carbocycles. The van der Waals surface area contributed by atoms with E-state index >= 15 is 0 Å². The van der Waals surface area contributed by atoms with E-state index in [9.17, 15) is 20.0 Å². The van der Waals surface area contributed by atoms with Crippen molar-refractivity contribution in [2.24, 2.45) is 0 Å². The zero-order valence-corrected chi connectivity index (χ0v) is 14.1. The van der Waals surface area contributed by atoms with Crippen molar-refractivity contribution >= 4 is 17.3 Å². The van der Waals surface area contributed by atoms with Crippen molar-refractivity contribution in [3.05, 3.63) is 63.2 Å². The number of aromatic hydroxyl groups is 1. The van der Waals surface area contributed by atoms with E-state index in [0.717, 1.165) is 5.56 Å². The molecule has 2 aromatic carbocycles. The number of nitrogens with one attached hydrogen (secondary N) is 1. The second kappa shape index (κ2) is 6.31. The maximum Gasteiger partial charge on any atom is 0.273 e. The van der Waals surface area contributed by atoms with E-state index in [1.165, 1.54) is 24.3 Å². The SMILES string of the molecule is Cc1ccc(C(=O)Nc2cc(C(C)(C)C)ccc2O)cc1[N+](=O)[O-]. The summed E-state index contributed by atoms with van der Waals surface area (Å²) in [5.41, 5.74) is 1.61. The van der Waals surface area contributed by atoms with Crippen LogP contribution in [0.2, 0.25) is 0 Å². The number of hydrogen-bond acceptors (Lipinski definition) is 4. The van der Waals surface area contributed by atoms with Crippen LogP contribution in [0.25, 0.3) is 0 Å². The van der Waals surface area contributed by atoms with Crippen LogP contribution < -0.4 is 5.32 Å². The number of benzene rings is 2. The molecule has 0 atom stereocenters. The predicted octanol–water partition coefficient (Wildman–Crippen LogP) is 4.16. The zero-order valence-electron chi connectivity index (χ0n) is 14.1. The third kappa shape index (κ3) is 3.71. The fourth-order valence-corrected chi connectivity index (χ4v) is 2.24. The molecular weight excluding hydrogens is 308 g/mol. The second-order valence-electron chi connectivity index (χ2n) is 6.69. The minimum Gasteiger partial charge on any atom is -0.506 e. The molecule has 1 amide bonds. The van der Waals surface area contributed by atoms with E-state index in [-0.39, 0.29) is 28.1 Å². The van der Waals surface area contributed by atoms with Crippen molar-refractivity contribution in [2.75, 3.05) is 5.32 Å². The lowest BCUT2D eigenvalue weighted by atomic mass is 9.87. The Morgan fingerprint density at radius 3 is 2.42 bits per heavy atom. The molecule has 2 rings (SSSR count). The Bertz CT molecular complexity index is 807. The van der Waals surface area contributed by atoms with Gasteiger partial charge in [-0.05, 0) is 36.1 Å². The van der Waals surface area contributed by atoms with Crippen LogP contribution in [0.3, 0.4) is 0 Å². The predicted molar refractivity (Wildman–Crippen MR) is 92.6 cm³/mol. The summed E-state index contributed by atoms with van der Waals surface area (Å²) < 4.78 is 0. The first-order valence-electron chi connectivity index (χ1n) is 7.49. The molecule has 0 saturated heterocycles. The highest BCUT2D eigenvalue weighted by molar-refractivity contribution is 6.05. The number of aryl methyl sites for hydroxylation is 1. The van der Waals surface area contributed by atoms with Crippen LogP contribution in [0.1, 0.15) is 42.3 Å². The Balaban J connectivity index is 2.33. The van der Waals surface area contributed by atoms with Crippen LogP contribution >= 0.6 is 0 Å². The first-order chi connectivity index (χ1) is 11.1. The number of nitro groups is 1. The Morgan fingerprint density at radius 1 is 1.17 bits per heavy atom. The third-order valence-electron chi connectivity index (χ3n) is 3.78. The van der Waals surface area contributed by atoms with Gasteiger partial charge < -0.3 is 10.4 Å². The summed E-state index contributed by atoms with van der Waals surface area (Å²) in [6.07, 6.45) is 0. The molecule has 0 radical (unpaired) electrons. The van der Waals surface area contributed by atoms with Crippen LogP contribution in [0, 0.1) is 17.0 Å². The molecule has 0 aliphatic carbocycles. The van der Waals surface area contributed by atoms with E-state index in [0.29, 0.717) is 5.56 Å². The number of phenolic OH excluding ortho intramolecular Hbond substituents is 1. The van der Waals surface area contributed by atoms with Crippen LogP contribution in [-0.4, -0.2) is 15.9 Å². The van der Waals surface area contributed by atoms with Gasteiger partial charge in [0.05, 0.1) is 10.6 Å². The highest BCUT2D eigenvalue weighted by Gasteiger charge is 2.18. The Kier molecular flexibility index (Phi) is 4.59. The van der Waals surface area contributed by atoms with Gasteiger partial charge >= 0.3 is 0 Å². The van der Waals surface area contributed by atoms with Gasteiger partial charge in [-0.3, -0.25) is 14.9 Å². The maximum atomic E-state index is 12.4. The number of carbonyl (C=O) groups excluding carboxylic acids is 1. The van der Waals surface area contributed by atoms with Crippen molar-refractivity contribution < 1.29 is 14.8 Å². The van der Waals surface area contributed by atoms with E-state index in [1.807, 2.05) is 20.8 Å². The van der Waals surface area contributed by atoms with Crippen LogP contribution in [0.4, 0.5) is 11.4 Å². The smallest absolute Gasteiger partial charge is 0.273 e. The first-order valence-corrected chi connectivity index (χ1v) is 7.49. The van der Waals surface area contributed by atoms with Gasteiger partial charge in [-0.1, -0.05) is 32.9 Å². The fourth-order valence-electron chi connectivity index (χ4n) is 2.24. The number of nitrogens with zero attached hydrogens (tertiary/aromatic N) is 1. The van der Waals surface area contributed by atoms with Crippen LogP contribution in [0.15, 0.2) is 36.4 Å².